The maximum absolute atomic E-state index is 12.5. The van der Waals surface area contributed by atoms with Gasteiger partial charge in [0.2, 0.25) is 0 Å². The second kappa shape index (κ2) is 5.87. The second-order valence-electron chi connectivity index (χ2n) is 5.31. The van der Waals surface area contributed by atoms with Gasteiger partial charge in [0.25, 0.3) is 5.91 Å². The van der Waals surface area contributed by atoms with E-state index in [2.05, 4.69) is 22.9 Å². The number of carbonyl (C=O) groups excluding carboxylic acids is 1. The van der Waals surface area contributed by atoms with Crippen LogP contribution in [0.1, 0.15) is 42.1 Å². The molecule has 1 amide bonds. The summed E-state index contributed by atoms with van der Waals surface area (Å²) < 4.78 is 0.907. The quantitative estimate of drug-likeness (QED) is 0.767. The first-order valence-electron chi connectivity index (χ1n) is 6.63. The number of carbonyl (C=O) groups is 1. The summed E-state index contributed by atoms with van der Waals surface area (Å²) >= 11 is 3.50. The van der Waals surface area contributed by atoms with Crippen LogP contribution >= 0.6 is 15.9 Å². The van der Waals surface area contributed by atoms with Gasteiger partial charge in [0.15, 0.2) is 0 Å². The largest absolute Gasteiger partial charge is 0.339 e. The molecule has 0 saturated carbocycles. The van der Waals surface area contributed by atoms with Crippen LogP contribution in [0.4, 0.5) is 0 Å². The van der Waals surface area contributed by atoms with Crippen LogP contribution in [0.15, 0.2) is 22.7 Å². The average molecular weight is 310 g/mol. The lowest BCUT2D eigenvalue weighted by molar-refractivity contribution is 0.0759. The molecule has 98 valence electrons. The fourth-order valence-corrected chi connectivity index (χ4v) is 3.09. The summed E-state index contributed by atoms with van der Waals surface area (Å²) in [5.74, 6) is 0.903. The Bertz CT molecular complexity index is 444. The van der Waals surface area contributed by atoms with Crippen molar-refractivity contribution in [2.75, 3.05) is 13.1 Å². The zero-order chi connectivity index (χ0) is 13.1. The van der Waals surface area contributed by atoms with Gasteiger partial charge in [0, 0.05) is 17.6 Å². The molecular formula is C15H20BrNO. The predicted molar refractivity (Wildman–Crippen MR) is 77.8 cm³/mol. The monoisotopic (exact) mass is 309 g/mol. The highest BCUT2D eigenvalue weighted by molar-refractivity contribution is 9.10. The molecule has 18 heavy (non-hydrogen) atoms. The SMILES string of the molecule is Cc1ccc(C(=O)N2CCCC(C)CC2)c(Br)c1. The van der Waals surface area contributed by atoms with Gasteiger partial charge in [0.05, 0.1) is 5.56 Å². The van der Waals surface area contributed by atoms with Gasteiger partial charge >= 0.3 is 0 Å². The highest BCUT2D eigenvalue weighted by Gasteiger charge is 2.21. The molecule has 1 aliphatic heterocycles. The van der Waals surface area contributed by atoms with Gasteiger partial charge < -0.3 is 4.90 Å². The van der Waals surface area contributed by atoms with E-state index in [0.717, 1.165) is 41.9 Å². The summed E-state index contributed by atoms with van der Waals surface area (Å²) in [6.45, 7) is 6.09. The minimum absolute atomic E-state index is 0.163. The molecule has 0 aliphatic carbocycles. The molecule has 0 bridgehead atoms. The highest BCUT2D eigenvalue weighted by Crippen LogP contribution is 2.23. The zero-order valence-electron chi connectivity index (χ0n) is 11.1. The zero-order valence-corrected chi connectivity index (χ0v) is 12.7. The maximum atomic E-state index is 12.5. The summed E-state index contributed by atoms with van der Waals surface area (Å²) in [7, 11) is 0. The molecular weight excluding hydrogens is 290 g/mol. The van der Waals surface area contributed by atoms with E-state index in [9.17, 15) is 4.79 Å². The van der Waals surface area contributed by atoms with Crippen LogP contribution in [0.25, 0.3) is 0 Å². The second-order valence-corrected chi connectivity index (χ2v) is 6.17. The molecule has 1 saturated heterocycles. The van der Waals surface area contributed by atoms with Gasteiger partial charge in [-0.1, -0.05) is 13.0 Å². The molecule has 1 fully saturated rings. The number of hydrogen-bond donors (Lipinski definition) is 0. The molecule has 1 atom stereocenters. The van der Waals surface area contributed by atoms with Crippen LogP contribution in [0.2, 0.25) is 0 Å². The summed E-state index contributed by atoms with van der Waals surface area (Å²) in [5, 5.41) is 0. The Morgan fingerprint density at radius 2 is 2.11 bits per heavy atom. The van der Waals surface area contributed by atoms with Crippen molar-refractivity contribution < 1.29 is 4.79 Å². The fraction of sp³-hybridized carbons (Fsp3) is 0.533. The first-order valence-corrected chi connectivity index (χ1v) is 7.42. The molecule has 1 aliphatic rings. The van der Waals surface area contributed by atoms with Crippen LogP contribution in [0.5, 0.6) is 0 Å². The van der Waals surface area contributed by atoms with Crippen LogP contribution in [-0.2, 0) is 0 Å². The van der Waals surface area contributed by atoms with Crippen molar-refractivity contribution in [2.45, 2.75) is 33.1 Å². The molecule has 2 rings (SSSR count). The van der Waals surface area contributed by atoms with Gasteiger partial charge in [0.1, 0.15) is 0 Å². The first kappa shape index (κ1) is 13.6. The molecule has 1 aromatic carbocycles. The molecule has 0 aromatic heterocycles. The normalized spacial score (nSPS) is 20.6. The van der Waals surface area contributed by atoms with E-state index in [4.69, 9.17) is 0 Å². The number of rotatable bonds is 1. The lowest BCUT2D eigenvalue weighted by Gasteiger charge is -2.21. The van der Waals surface area contributed by atoms with Gasteiger partial charge in [-0.05, 0) is 65.7 Å². The Labute approximate surface area is 117 Å². The number of hydrogen-bond acceptors (Lipinski definition) is 1. The van der Waals surface area contributed by atoms with Crippen molar-refractivity contribution in [1.82, 2.24) is 4.90 Å². The standard InChI is InChI=1S/C15H20BrNO/c1-11-4-3-8-17(9-7-11)15(18)13-6-5-12(2)10-14(13)16/h5-6,10-11H,3-4,7-9H2,1-2H3. The van der Waals surface area contributed by atoms with E-state index in [1.165, 1.54) is 12.0 Å². The van der Waals surface area contributed by atoms with Crippen molar-refractivity contribution in [3.05, 3.63) is 33.8 Å². The Kier molecular flexibility index (Phi) is 4.44. The molecule has 2 nitrogen and oxygen atoms in total. The van der Waals surface area contributed by atoms with Crippen LogP contribution in [0, 0.1) is 12.8 Å². The van der Waals surface area contributed by atoms with Crippen LogP contribution in [-0.4, -0.2) is 23.9 Å². The summed E-state index contributed by atoms with van der Waals surface area (Å²) in [5.41, 5.74) is 1.96. The van der Waals surface area contributed by atoms with E-state index < -0.39 is 0 Å². The van der Waals surface area contributed by atoms with Crippen LogP contribution in [0.3, 0.4) is 0 Å². The van der Waals surface area contributed by atoms with Crippen LogP contribution < -0.4 is 0 Å². The Morgan fingerprint density at radius 3 is 2.83 bits per heavy atom. The van der Waals surface area contributed by atoms with Gasteiger partial charge in [-0.2, -0.15) is 0 Å². The number of nitrogens with zero attached hydrogens (tertiary/aromatic N) is 1. The van der Waals surface area contributed by atoms with E-state index in [1.807, 2.05) is 30.0 Å². The summed E-state index contributed by atoms with van der Waals surface area (Å²) in [4.78, 5) is 14.5. The van der Waals surface area contributed by atoms with Crippen molar-refractivity contribution in [3.63, 3.8) is 0 Å². The average Bonchev–Trinajstić information content (AvgIpc) is 2.53. The number of amides is 1. The minimum Gasteiger partial charge on any atom is -0.339 e. The van der Waals surface area contributed by atoms with E-state index in [1.54, 1.807) is 0 Å². The fourth-order valence-electron chi connectivity index (χ4n) is 2.43. The van der Waals surface area contributed by atoms with E-state index in [-0.39, 0.29) is 5.91 Å². The van der Waals surface area contributed by atoms with Crippen molar-refractivity contribution in [2.24, 2.45) is 5.92 Å². The number of halogens is 1. The van der Waals surface area contributed by atoms with E-state index >= 15 is 0 Å². The Morgan fingerprint density at radius 1 is 1.33 bits per heavy atom. The Hall–Kier alpha value is -0.830. The lowest BCUT2D eigenvalue weighted by Crippen LogP contribution is -2.32. The molecule has 3 heteroatoms. The van der Waals surface area contributed by atoms with Gasteiger partial charge in [-0.15, -0.1) is 0 Å². The number of benzene rings is 1. The molecule has 0 N–H and O–H groups in total. The number of likely N-dealkylation sites (tertiary alicyclic amines) is 1. The van der Waals surface area contributed by atoms with Crippen molar-refractivity contribution >= 4 is 21.8 Å². The third-order valence-corrected chi connectivity index (χ3v) is 4.32. The molecule has 1 unspecified atom stereocenters. The number of aryl methyl sites for hydroxylation is 1. The molecule has 0 spiro atoms. The molecule has 1 aromatic rings. The molecule has 1 heterocycles. The third kappa shape index (κ3) is 3.14. The third-order valence-electron chi connectivity index (χ3n) is 3.66. The lowest BCUT2D eigenvalue weighted by atomic mass is 10.0. The topological polar surface area (TPSA) is 20.3 Å². The predicted octanol–water partition coefficient (Wildman–Crippen LogP) is 4.02. The highest BCUT2D eigenvalue weighted by atomic mass is 79.9. The van der Waals surface area contributed by atoms with Gasteiger partial charge in [-0.25, -0.2) is 0 Å². The minimum atomic E-state index is 0.163. The van der Waals surface area contributed by atoms with Crippen molar-refractivity contribution in [1.29, 1.82) is 0 Å². The Balaban J connectivity index is 2.15. The smallest absolute Gasteiger partial charge is 0.254 e. The summed E-state index contributed by atoms with van der Waals surface area (Å²) in [6, 6.07) is 5.93. The first-order chi connectivity index (χ1) is 8.58. The summed E-state index contributed by atoms with van der Waals surface area (Å²) in [6.07, 6.45) is 3.48. The van der Waals surface area contributed by atoms with E-state index in [0.29, 0.717) is 0 Å². The van der Waals surface area contributed by atoms with Crippen molar-refractivity contribution in [3.8, 4) is 0 Å². The maximum Gasteiger partial charge on any atom is 0.254 e. The van der Waals surface area contributed by atoms with Gasteiger partial charge in [-0.3, -0.25) is 4.79 Å². The molecule has 0 radical (unpaired) electrons.